The van der Waals surface area contributed by atoms with Gasteiger partial charge in [-0.25, -0.2) is 0 Å². The summed E-state index contributed by atoms with van der Waals surface area (Å²) in [5.41, 5.74) is 0. The van der Waals surface area contributed by atoms with Crippen LogP contribution < -0.4 is 0 Å². The Bertz CT molecular complexity index is 139. The Morgan fingerprint density at radius 1 is 1.17 bits per heavy atom. The topological polar surface area (TPSA) is 26.3 Å². The number of hydrogen-bond acceptors (Lipinski definition) is 2. The fourth-order valence-electron chi connectivity index (χ4n) is 1.05. The van der Waals surface area contributed by atoms with Crippen LogP contribution >= 0.6 is 0 Å². The molecule has 1 unspecified atom stereocenters. The molecule has 72 valence electrons. The normalized spacial score (nSPS) is 13.6. The number of carbonyl (C=O) groups is 1. The third-order valence-electron chi connectivity index (χ3n) is 1.59. The molecule has 0 amide bonds. The van der Waals surface area contributed by atoms with Crippen LogP contribution in [0.4, 0.5) is 0 Å². The minimum absolute atomic E-state index is 0.0142. The molecular formula is C10H20O2. The van der Waals surface area contributed by atoms with E-state index in [0.29, 0.717) is 5.92 Å². The van der Waals surface area contributed by atoms with Crippen molar-refractivity contribution in [2.45, 2.75) is 47.1 Å². The molecule has 0 heterocycles. The van der Waals surface area contributed by atoms with Crippen LogP contribution in [0.3, 0.4) is 0 Å². The zero-order valence-corrected chi connectivity index (χ0v) is 8.76. The molecule has 2 nitrogen and oxygen atoms in total. The second-order valence-electron chi connectivity index (χ2n) is 4.03. The molecule has 2 heteroatoms. The molecule has 0 radical (unpaired) electrons. The van der Waals surface area contributed by atoms with Crippen molar-refractivity contribution in [1.82, 2.24) is 0 Å². The summed E-state index contributed by atoms with van der Waals surface area (Å²) >= 11 is 0. The smallest absolute Gasteiger partial charge is 0.308 e. The third kappa shape index (κ3) is 5.16. The second-order valence-corrected chi connectivity index (χ2v) is 4.03. The molecule has 0 aliphatic carbocycles. The number of ether oxygens (including phenoxy) is 1. The average Bonchev–Trinajstić information content (AvgIpc) is 1.84. The Balaban J connectivity index is 3.69. The first kappa shape index (κ1) is 11.5. The van der Waals surface area contributed by atoms with Crippen LogP contribution in [-0.4, -0.2) is 12.1 Å². The molecule has 0 aromatic carbocycles. The molecule has 12 heavy (non-hydrogen) atoms. The molecule has 0 aliphatic heterocycles. The predicted octanol–water partition coefficient (Wildman–Crippen LogP) is 2.62. The first-order chi connectivity index (χ1) is 5.43. The largest absolute Gasteiger partial charge is 0.462 e. The van der Waals surface area contributed by atoms with E-state index in [-0.39, 0.29) is 18.0 Å². The van der Waals surface area contributed by atoms with Gasteiger partial charge in [-0.1, -0.05) is 27.7 Å². The molecule has 0 N–H and O–H groups in total. The number of rotatable bonds is 4. The molecule has 0 aliphatic rings. The van der Waals surface area contributed by atoms with E-state index >= 15 is 0 Å². The van der Waals surface area contributed by atoms with Crippen molar-refractivity contribution in [1.29, 1.82) is 0 Å². The lowest BCUT2D eigenvalue weighted by atomic mass is 10.1. The summed E-state index contributed by atoms with van der Waals surface area (Å²) < 4.78 is 5.18. The van der Waals surface area contributed by atoms with Crippen LogP contribution in [-0.2, 0) is 9.53 Å². The van der Waals surface area contributed by atoms with Crippen molar-refractivity contribution < 1.29 is 9.53 Å². The van der Waals surface area contributed by atoms with Gasteiger partial charge in [0.25, 0.3) is 0 Å². The minimum Gasteiger partial charge on any atom is -0.462 e. The first-order valence-electron chi connectivity index (χ1n) is 4.64. The fraction of sp³-hybridized carbons (Fsp3) is 0.900. The summed E-state index contributed by atoms with van der Waals surface area (Å²) in [6.45, 7) is 9.90. The summed E-state index contributed by atoms with van der Waals surface area (Å²) in [5.74, 6) is 0.475. The fourth-order valence-corrected chi connectivity index (χ4v) is 1.05. The van der Waals surface area contributed by atoms with E-state index in [0.717, 1.165) is 6.42 Å². The van der Waals surface area contributed by atoms with Crippen molar-refractivity contribution in [3.63, 3.8) is 0 Å². The highest BCUT2D eigenvalue weighted by molar-refractivity contribution is 5.71. The number of esters is 1. The molecular weight excluding hydrogens is 152 g/mol. The van der Waals surface area contributed by atoms with Crippen LogP contribution in [0.25, 0.3) is 0 Å². The average molecular weight is 172 g/mol. The Labute approximate surface area is 75.3 Å². The van der Waals surface area contributed by atoms with Gasteiger partial charge in [0.15, 0.2) is 0 Å². The van der Waals surface area contributed by atoms with Gasteiger partial charge < -0.3 is 4.74 Å². The quantitative estimate of drug-likeness (QED) is 0.609. The number of hydrogen-bond donors (Lipinski definition) is 0. The Morgan fingerprint density at radius 2 is 1.67 bits per heavy atom. The standard InChI is InChI=1S/C10H20O2/c1-7(2)6-9(5)12-10(11)8(3)4/h7-9H,6H2,1-5H3. The molecule has 0 fully saturated rings. The molecule has 0 aromatic rings. The second kappa shape index (κ2) is 5.18. The molecule has 0 rings (SSSR count). The molecule has 0 aromatic heterocycles. The number of carbonyl (C=O) groups excluding carboxylic acids is 1. The van der Waals surface area contributed by atoms with E-state index in [4.69, 9.17) is 4.74 Å². The maximum atomic E-state index is 11.1. The molecule has 0 saturated carbocycles. The summed E-state index contributed by atoms with van der Waals surface area (Å²) in [4.78, 5) is 11.1. The van der Waals surface area contributed by atoms with Gasteiger partial charge in [-0.15, -0.1) is 0 Å². The van der Waals surface area contributed by atoms with E-state index in [9.17, 15) is 4.79 Å². The lowest BCUT2D eigenvalue weighted by Crippen LogP contribution is -2.20. The first-order valence-corrected chi connectivity index (χ1v) is 4.64. The maximum Gasteiger partial charge on any atom is 0.308 e. The van der Waals surface area contributed by atoms with Gasteiger partial charge in [-0.2, -0.15) is 0 Å². The van der Waals surface area contributed by atoms with Crippen molar-refractivity contribution in [2.24, 2.45) is 11.8 Å². The van der Waals surface area contributed by atoms with E-state index in [1.165, 1.54) is 0 Å². The summed E-state index contributed by atoms with van der Waals surface area (Å²) in [7, 11) is 0. The van der Waals surface area contributed by atoms with E-state index < -0.39 is 0 Å². The van der Waals surface area contributed by atoms with Crippen molar-refractivity contribution in [3.05, 3.63) is 0 Å². The highest BCUT2D eigenvalue weighted by Crippen LogP contribution is 2.09. The zero-order chi connectivity index (χ0) is 9.72. The summed E-state index contributed by atoms with van der Waals surface area (Å²) in [6, 6.07) is 0. The lowest BCUT2D eigenvalue weighted by molar-refractivity contribution is -0.152. The van der Waals surface area contributed by atoms with Gasteiger partial charge in [0, 0.05) is 0 Å². The van der Waals surface area contributed by atoms with Crippen LogP contribution in [0.15, 0.2) is 0 Å². The Hall–Kier alpha value is -0.530. The highest BCUT2D eigenvalue weighted by Gasteiger charge is 2.13. The van der Waals surface area contributed by atoms with Gasteiger partial charge in [0.1, 0.15) is 0 Å². The third-order valence-corrected chi connectivity index (χ3v) is 1.59. The zero-order valence-electron chi connectivity index (χ0n) is 8.76. The highest BCUT2D eigenvalue weighted by atomic mass is 16.5. The molecule has 0 spiro atoms. The van der Waals surface area contributed by atoms with Crippen molar-refractivity contribution in [2.75, 3.05) is 0 Å². The maximum absolute atomic E-state index is 11.1. The minimum atomic E-state index is -0.0943. The molecule has 1 atom stereocenters. The van der Waals surface area contributed by atoms with Crippen LogP contribution in [0.1, 0.15) is 41.0 Å². The Morgan fingerprint density at radius 3 is 2.00 bits per heavy atom. The van der Waals surface area contributed by atoms with Gasteiger partial charge in [-0.05, 0) is 19.3 Å². The van der Waals surface area contributed by atoms with Crippen LogP contribution in [0, 0.1) is 11.8 Å². The lowest BCUT2D eigenvalue weighted by Gasteiger charge is -2.16. The van der Waals surface area contributed by atoms with E-state index in [2.05, 4.69) is 13.8 Å². The van der Waals surface area contributed by atoms with E-state index in [1.807, 2.05) is 20.8 Å². The van der Waals surface area contributed by atoms with Crippen molar-refractivity contribution >= 4 is 5.97 Å². The van der Waals surface area contributed by atoms with Gasteiger partial charge in [0.2, 0.25) is 0 Å². The van der Waals surface area contributed by atoms with Gasteiger partial charge >= 0.3 is 5.97 Å². The van der Waals surface area contributed by atoms with Crippen LogP contribution in [0.5, 0.6) is 0 Å². The summed E-state index contributed by atoms with van der Waals surface area (Å²) in [5, 5.41) is 0. The monoisotopic (exact) mass is 172 g/mol. The SMILES string of the molecule is CC(C)CC(C)OC(=O)C(C)C. The van der Waals surface area contributed by atoms with Gasteiger partial charge in [-0.3, -0.25) is 4.79 Å². The molecule has 0 bridgehead atoms. The predicted molar refractivity (Wildman–Crippen MR) is 49.8 cm³/mol. The van der Waals surface area contributed by atoms with Crippen LogP contribution in [0.2, 0.25) is 0 Å². The Kier molecular flexibility index (Phi) is 4.95. The molecule has 0 saturated heterocycles. The van der Waals surface area contributed by atoms with E-state index in [1.54, 1.807) is 0 Å². The summed E-state index contributed by atoms with van der Waals surface area (Å²) in [6.07, 6.45) is 0.998. The van der Waals surface area contributed by atoms with Gasteiger partial charge in [0.05, 0.1) is 12.0 Å². The van der Waals surface area contributed by atoms with Crippen molar-refractivity contribution in [3.8, 4) is 0 Å².